The van der Waals surface area contributed by atoms with Crippen LogP contribution in [0.3, 0.4) is 0 Å². The molecule has 1 heterocycles. The average molecular weight is 297 g/mol. The van der Waals surface area contributed by atoms with Gasteiger partial charge in [0.1, 0.15) is 0 Å². The lowest BCUT2D eigenvalue weighted by Crippen LogP contribution is -2.46. The Morgan fingerprint density at radius 1 is 1.18 bits per heavy atom. The number of halogens is 1. The van der Waals surface area contributed by atoms with E-state index < -0.39 is 0 Å². The van der Waals surface area contributed by atoms with Crippen LogP contribution in [-0.4, -0.2) is 55.4 Å². The molecule has 0 aromatic heterocycles. The summed E-state index contributed by atoms with van der Waals surface area (Å²) in [6.07, 6.45) is 0. The molecule has 0 atom stereocenters. The normalized spacial score (nSPS) is 18.2. The van der Waals surface area contributed by atoms with E-state index in [9.17, 15) is 4.79 Å². The van der Waals surface area contributed by atoms with Crippen molar-refractivity contribution in [2.75, 3.05) is 39.8 Å². The molecule has 1 aromatic rings. The fourth-order valence-electron chi connectivity index (χ4n) is 1.94. The van der Waals surface area contributed by atoms with Crippen LogP contribution in [0.1, 0.15) is 10.4 Å². The summed E-state index contributed by atoms with van der Waals surface area (Å²) < 4.78 is 1.01. The van der Waals surface area contributed by atoms with Crippen LogP contribution >= 0.6 is 15.9 Å². The van der Waals surface area contributed by atoms with E-state index in [1.165, 1.54) is 0 Å². The van der Waals surface area contributed by atoms with E-state index in [4.69, 9.17) is 0 Å². The number of nitrogens with zero attached hydrogens (tertiary/aromatic N) is 2. The fraction of sp³-hybridized carbons (Fsp3) is 0.462. The summed E-state index contributed by atoms with van der Waals surface area (Å²) in [4.78, 5) is 16.6. The Morgan fingerprint density at radius 3 is 2.35 bits per heavy atom. The highest BCUT2D eigenvalue weighted by molar-refractivity contribution is 9.10. The van der Waals surface area contributed by atoms with Gasteiger partial charge in [-0.2, -0.15) is 0 Å². The topological polar surface area (TPSA) is 23.6 Å². The van der Waals surface area contributed by atoms with Gasteiger partial charge in [0, 0.05) is 36.2 Å². The zero-order valence-corrected chi connectivity index (χ0v) is 11.6. The van der Waals surface area contributed by atoms with Crippen LogP contribution in [0.4, 0.5) is 0 Å². The number of benzene rings is 1. The molecular formula is C13H17BrN2O. The van der Waals surface area contributed by atoms with Crippen molar-refractivity contribution in [2.45, 2.75) is 0 Å². The monoisotopic (exact) mass is 296 g/mol. The molecule has 0 saturated carbocycles. The van der Waals surface area contributed by atoms with Crippen molar-refractivity contribution in [3.63, 3.8) is 0 Å². The number of hydrogen-bond donors (Lipinski definition) is 0. The van der Waals surface area contributed by atoms with Crippen molar-refractivity contribution in [2.24, 2.45) is 0 Å². The minimum atomic E-state index is 0.210. The maximum atomic E-state index is 12.0. The number of carbonyl (C=O) groups excluding carboxylic acids is 1. The Kier molecular flexibility index (Phi) is 4.31. The van der Waals surface area contributed by atoms with Crippen LogP contribution in [0.25, 0.3) is 0 Å². The molecule has 0 unspecified atom stereocenters. The van der Waals surface area contributed by atoms with E-state index in [2.05, 4.69) is 32.8 Å². The number of hydrogen-bond acceptors (Lipinski definition) is 3. The molecule has 1 aromatic carbocycles. The second-order valence-electron chi connectivity index (χ2n) is 4.51. The van der Waals surface area contributed by atoms with E-state index in [0.29, 0.717) is 6.54 Å². The number of likely N-dealkylation sites (N-methyl/N-ethyl adjacent to an activating group) is 1. The number of Topliss-reactive ketones (excluding diaryl/α,β-unsaturated/α-hetero) is 1. The minimum absolute atomic E-state index is 0.210. The largest absolute Gasteiger partial charge is 0.304 e. The van der Waals surface area contributed by atoms with Gasteiger partial charge in [-0.05, 0) is 19.2 Å². The standard InChI is InChI=1S/C13H17BrN2O/c1-15-6-8-16(9-7-15)10-13(17)11-2-4-12(14)5-3-11/h2-5H,6-10H2,1H3. The Labute approximate surface area is 111 Å². The van der Waals surface area contributed by atoms with Gasteiger partial charge >= 0.3 is 0 Å². The van der Waals surface area contributed by atoms with Gasteiger partial charge in [0.2, 0.25) is 0 Å². The molecule has 0 N–H and O–H groups in total. The second-order valence-corrected chi connectivity index (χ2v) is 5.43. The molecule has 92 valence electrons. The van der Waals surface area contributed by atoms with Crippen molar-refractivity contribution in [3.8, 4) is 0 Å². The lowest BCUT2D eigenvalue weighted by molar-refractivity contribution is 0.0876. The summed E-state index contributed by atoms with van der Waals surface area (Å²) in [6, 6.07) is 7.58. The number of ketones is 1. The summed E-state index contributed by atoms with van der Waals surface area (Å²) >= 11 is 3.37. The maximum absolute atomic E-state index is 12.0. The second kappa shape index (κ2) is 5.76. The Bertz CT molecular complexity index is 383. The number of rotatable bonds is 3. The van der Waals surface area contributed by atoms with Crippen LogP contribution in [0, 0.1) is 0 Å². The highest BCUT2D eigenvalue weighted by Crippen LogP contribution is 2.11. The highest BCUT2D eigenvalue weighted by atomic mass is 79.9. The van der Waals surface area contributed by atoms with Gasteiger partial charge in [0.05, 0.1) is 6.54 Å². The molecule has 1 saturated heterocycles. The Morgan fingerprint density at radius 2 is 1.76 bits per heavy atom. The molecule has 1 fully saturated rings. The maximum Gasteiger partial charge on any atom is 0.176 e. The smallest absolute Gasteiger partial charge is 0.176 e. The third-order valence-corrected chi connectivity index (χ3v) is 3.66. The molecule has 0 spiro atoms. The first-order valence-electron chi connectivity index (χ1n) is 5.85. The van der Waals surface area contributed by atoms with E-state index in [-0.39, 0.29) is 5.78 Å². The molecule has 0 bridgehead atoms. The molecule has 0 amide bonds. The van der Waals surface area contributed by atoms with Gasteiger partial charge in [-0.25, -0.2) is 0 Å². The molecule has 17 heavy (non-hydrogen) atoms. The molecule has 2 rings (SSSR count). The number of piperazine rings is 1. The molecular weight excluding hydrogens is 280 g/mol. The summed E-state index contributed by atoms with van der Waals surface area (Å²) in [5.74, 6) is 0.210. The van der Waals surface area contributed by atoms with Crippen LogP contribution in [0.2, 0.25) is 0 Å². The van der Waals surface area contributed by atoms with Crippen molar-refractivity contribution in [1.82, 2.24) is 9.80 Å². The van der Waals surface area contributed by atoms with Gasteiger partial charge in [-0.1, -0.05) is 28.1 Å². The van der Waals surface area contributed by atoms with Crippen molar-refractivity contribution >= 4 is 21.7 Å². The molecule has 3 nitrogen and oxygen atoms in total. The lowest BCUT2D eigenvalue weighted by atomic mass is 10.1. The third-order valence-electron chi connectivity index (χ3n) is 3.13. The molecule has 1 aliphatic rings. The van der Waals surface area contributed by atoms with Crippen molar-refractivity contribution in [3.05, 3.63) is 34.3 Å². The summed E-state index contributed by atoms with van der Waals surface area (Å²) in [5.41, 5.74) is 0.798. The Hall–Kier alpha value is -0.710. The van der Waals surface area contributed by atoms with Gasteiger partial charge in [-0.15, -0.1) is 0 Å². The molecule has 0 aliphatic carbocycles. The van der Waals surface area contributed by atoms with Crippen molar-refractivity contribution < 1.29 is 4.79 Å². The van der Waals surface area contributed by atoms with E-state index >= 15 is 0 Å². The molecule has 0 radical (unpaired) electrons. The molecule has 4 heteroatoms. The van der Waals surface area contributed by atoms with Crippen molar-refractivity contribution in [1.29, 1.82) is 0 Å². The lowest BCUT2D eigenvalue weighted by Gasteiger charge is -2.31. The van der Waals surface area contributed by atoms with Gasteiger partial charge < -0.3 is 4.90 Å². The SMILES string of the molecule is CN1CCN(CC(=O)c2ccc(Br)cc2)CC1. The predicted molar refractivity (Wildman–Crippen MR) is 72.4 cm³/mol. The van der Waals surface area contributed by atoms with E-state index in [0.717, 1.165) is 36.2 Å². The fourth-order valence-corrected chi connectivity index (χ4v) is 2.20. The van der Waals surface area contributed by atoms with Gasteiger partial charge in [0.25, 0.3) is 0 Å². The number of carbonyl (C=O) groups is 1. The summed E-state index contributed by atoms with van der Waals surface area (Å²) in [6.45, 7) is 4.61. The zero-order valence-electron chi connectivity index (χ0n) is 10.0. The third kappa shape index (κ3) is 3.63. The average Bonchev–Trinajstić information content (AvgIpc) is 2.33. The van der Waals surface area contributed by atoms with Crippen LogP contribution in [0.5, 0.6) is 0 Å². The minimum Gasteiger partial charge on any atom is -0.304 e. The molecule has 1 aliphatic heterocycles. The van der Waals surface area contributed by atoms with Gasteiger partial charge in [0.15, 0.2) is 5.78 Å². The van der Waals surface area contributed by atoms with Crippen LogP contribution < -0.4 is 0 Å². The predicted octanol–water partition coefficient (Wildman–Crippen LogP) is 1.88. The van der Waals surface area contributed by atoms with Crippen LogP contribution in [-0.2, 0) is 0 Å². The quantitative estimate of drug-likeness (QED) is 0.796. The first-order chi connectivity index (χ1) is 8.15. The van der Waals surface area contributed by atoms with E-state index in [1.807, 2.05) is 24.3 Å². The van der Waals surface area contributed by atoms with E-state index in [1.54, 1.807) is 0 Å². The summed E-state index contributed by atoms with van der Waals surface area (Å²) in [5, 5.41) is 0. The Balaban J connectivity index is 1.91. The first-order valence-corrected chi connectivity index (χ1v) is 6.64. The van der Waals surface area contributed by atoms with Gasteiger partial charge in [-0.3, -0.25) is 9.69 Å². The van der Waals surface area contributed by atoms with Crippen LogP contribution in [0.15, 0.2) is 28.7 Å². The highest BCUT2D eigenvalue weighted by Gasteiger charge is 2.17. The summed E-state index contributed by atoms with van der Waals surface area (Å²) in [7, 11) is 2.12. The first kappa shape index (κ1) is 12.7. The zero-order chi connectivity index (χ0) is 12.3.